The van der Waals surface area contributed by atoms with E-state index in [1.165, 1.54) is 12.1 Å². The molecule has 6 nitrogen and oxygen atoms in total. The van der Waals surface area contributed by atoms with Crippen molar-refractivity contribution in [2.24, 2.45) is 5.92 Å². The number of ether oxygens (including phenoxy) is 1. The van der Waals surface area contributed by atoms with Gasteiger partial charge in [0.2, 0.25) is 11.8 Å². The molecule has 1 saturated heterocycles. The average Bonchev–Trinajstić information content (AvgIpc) is 2.52. The highest BCUT2D eigenvalue weighted by Gasteiger charge is 2.33. The summed E-state index contributed by atoms with van der Waals surface area (Å²) >= 11 is 5.81. The Kier molecular flexibility index (Phi) is 5.38. The number of halogens is 1. The fourth-order valence-electron chi connectivity index (χ4n) is 2.28. The smallest absolute Gasteiger partial charge is 0.311 e. The summed E-state index contributed by atoms with van der Waals surface area (Å²) in [5.74, 6) is -1.69. The molecule has 1 fully saturated rings. The van der Waals surface area contributed by atoms with Crippen molar-refractivity contribution in [1.29, 1.82) is 0 Å². The number of methoxy groups -OCH3 is 1. The summed E-state index contributed by atoms with van der Waals surface area (Å²) in [5, 5.41) is 1.84. The van der Waals surface area contributed by atoms with Gasteiger partial charge in [-0.25, -0.2) is 0 Å². The number of nitrogens with zero attached hydrogens (tertiary/aromatic N) is 1. The van der Waals surface area contributed by atoms with Crippen molar-refractivity contribution in [2.45, 2.75) is 19.3 Å². The summed E-state index contributed by atoms with van der Waals surface area (Å²) in [4.78, 5) is 35.3. The fourth-order valence-corrected chi connectivity index (χ4v) is 2.40. The standard InChI is InChI=1S/C15H17ClN2O4/c1-22-15(21)11-8-13(19)17-18(9-11)14(20)7-4-10-2-5-12(16)6-3-10/h2-3,5-6,11H,4,7-9H2,1H3,(H,17,19). The first-order valence-corrected chi connectivity index (χ1v) is 7.29. The number of carbonyl (C=O) groups is 3. The predicted octanol–water partition coefficient (Wildman–Crippen LogP) is 1.33. The van der Waals surface area contributed by atoms with Crippen LogP contribution in [-0.2, 0) is 25.5 Å². The first-order valence-electron chi connectivity index (χ1n) is 6.91. The number of aryl methyl sites for hydroxylation is 1. The third-order valence-electron chi connectivity index (χ3n) is 3.47. The Hall–Kier alpha value is -2.08. The number of hydrazine groups is 1. The van der Waals surface area contributed by atoms with Crippen LogP contribution in [0.25, 0.3) is 0 Å². The maximum Gasteiger partial charge on any atom is 0.311 e. The lowest BCUT2D eigenvalue weighted by Gasteiger charge is -2.31. The molecule has 0 spiro atoms. The highest BCUT2D eigenvalue weighted by Crippen LogP contribution is 2.15. The van der Waals surface area contributed by atoms with Crippen molar-refractivity contribution < 1.29 is 19.1 Å². The van der Waals surface area contributed by atoms with Crippen LogP contribution < -0.4 is 5.43 Å². The van der Waals surface area contributed by atoms with Gasteiger partial charge in [0.1, 0.15) is 0 Å². The second-order valence-electron chi connectivity index (χ2n) is 5.09. The number of benzene rings is 1. The molecule has 2 amide bonds. The summed E-state index contributed by atoms with van der Waals surface area (Å²) in [7, 11) is 1.27. The molecule has 22 heavy (non-hydrogen) atoms. The fraction of sp³-hybridized carbons (Fsp3) is 0.400. The number of hydrogen-bond acceptors (Lipinski definition) is 4. The monoisotopic (exact) mass is 324 g/mol. The number of nitrogens with one attached hydrogen (secondary N) is 1. The van der Waals surface area contributed by atoms with Gasteiger partial charge in [-0.15, -0.1) is 0 Å². The predicted molar refractivity (Wildman–Crippen MR) is 79.8 cm³/mol. The van der Waals surface area contributed by atoms with Crippen LogP contribution in [0.5, 0.6) is 0 Å². The van der Waals surface area contributed by atoms with Crippen LogP contribution in [0.2, 0.25) is 5.02 Å². The minimum atomic E-state index is -0.613. The molecule has 0 radical (unpaired) electrons. The zero-order valence-electron chi connectivity index (χ0n) is 12.2. The molecule has 0 bridgehead atoms. The zero-order valence-corrected chi connectivity index (χ0v) is 12.9. The van der Waals surface area contributed by atoms with E-state index in [1.807, 2.05) is 12.1 Å². The Bertz CT molecular complexity index is 573. The van der Waals surface area contributed by atoms with Crippen molar-refractivity contribution in [3.8, 4) is 0 Å². The zero-order chi connectivity index (χ0) is 16.1. The van der Waals surface area contributed by atoms with Gasteiger partial charge in [0.25, 0.3) is 0 Å². The molecule has 0 aliphatic carbocycles. The molecule has 1 heterocycles. The van der Waals surface area contributed by atoms with E-state index in [4.69, 9.17) is 11.6 Å². The first kappa shape index (κ1) is 16.3. The molecule has 1 unspecified atom stereocenters. The molecule has 1 aromatic carbocycles. The van der Waals surface area contributed by atoms with Crippen molar-refractivity contribution in [3.63, 3.8) is 0 Å². The molecule has 1 aromatic rings. The summed E-state index contributed by atoms with van der Waals surface area (Å²) in [6, 6.07) is 7.22. The summed E-state index contributed by atoms with van der Waals surface area (Å²) in [6.45, 7) is 0.137. The van der Waals surface area contributed by atoms with Crippen LogP contribution in [0.1, 0.15) is 18.4 Å². The van der Waals surface area contributed by atoms with Crippen molar-refractivity contribution >= 4 is 29.4 Å². The van der Waals surface area contributed by atoms with Gasteiger partial charge in [-0.1, -0.05) is 23.7 Å². The van der Waals surface area contributed by atoms with Gasteiger partial charge in [0.05, 0.1) is 19.6 Å². The van der Waals surface area contributed by atoms with Gasteiger partial charge >= 0.3 is 5.97 Å². The van der Waals surface area contributed by atoms with E-state index >= 15 is 0 Å². The van der Waals surface area contributed by atoms with Crippen LogP contribution >= 0.6 is 11.6 Å². The molecule has 118 valence electrons. The lowest BCUT2D eigenvalue weighted by Crippen LogP contribution is -2.54. The molecular weight excluding hydrogens is 308 g/mol. The van der Waals surface area contributed by atoms with E-state index < -0.39 is 11.9 Å². The Balaban J connectivity index is 1.92. The molecule has 0 aromatic heterocycles. The minimum absolute atomic E-state index is 0.0354. The average molecular weight is 325 g/mol. The Morgan fingerprint density at radius 3 is 2.68 bits per heavy atom. The third kappa shape index (κ3) is 4.21. The van der Waals surface area contributed by atoms with E-state index in [0.29, 0.717) is 11.4 Å². The van der Waals surface area contributed by atoms with Gasteiger partial charge in [0.15, 0.2) is 0 Å². The molecule has 1 aliphatic rings. The van der Waals surface area contributed by atoms with Crippen LogP contribution in [0.3, 0.4) is 0 Å². The third-order valence-corrected chi connectivity index (χ3v) is 3.72. The van der Waals surface area contributed by atoms with Crippen LogP contribution in [0.15, 0.2) is 24.3 Å². The second kappa shape index (κ2) is 7.26. The number of carbonyl (C=O) groups excluding carboxylic acids is 3. The van der Waals surface area contributed by atoms with Gasteiger partial charge in [0, 0.05) is 17.9 Å². The van der Waals surface area contributed by atoms with Crippen LogP contribution in [0, 0.1) is 5.92 Å². The van der Waals surface area contributed by atoms with Crippen molar-refractivity contribution in [3.05, 3.63) is 34.9 Å². The molecule has 7 heteroatoms. The summed E-state index contributed by atoms with van der Waals surface area (Å²) in [5.41, 5.74) is 3.46. The largest absolute Gasteiger partial charge is 0.469 e. The first-order chi connectivity index (χ1) is 10.5. The highest BCUT2D eigenvalue weighted by molar-refractivity contribution is 6.30. The number of amides is 2. The second-order valence-corrected chi connectivity index (χ2v) is 5.53. The minimum Gasteiger partial charge on any atom is -0.469 e. The number of hydrogen-bond donors (Lipinski definition) is 1. The van der Waals surface area contributed by atoms with E-state index in [0.717, 1.165) is 5.56 Å². The quantitative estimate of drug-likeness (QED) is 0.848. The lowest BCUT2D eigenvalue weighted by atomic mass is 10.0. The number of esters is 1. The lowest BCUT2D eigenvalue weighted by molar-refractivity contribution is -0.156. The Morgan fingerprint density at radius 2 is 2.05 bits per heavy atom. The number of rotatable bonds is 4. The molecule has 0 saturated carbocycles. The van der Waals surface area contributed by atoms with Gasteiger partial charge in [-0.05, 0) is 24.1 Å². The van der Waals surface area contributed by atoms with E-state index in [9.17, 15) is 14.4 Å². The van der Waals surface area contributed by atoms with E-state index in [2.05, 4.69) is 10.2 Å². The molecule has 1 atom stereocenters. The van der Waals surface area contributed by atoms with E-state index in [-0.39, 0.29) is 31.2 Å². The maximum absolute atomic E-state index is 12.2. The van der Waals surface area contributed by atoms with E-state index in [1.54, 1.807) is 12.1 Å². The van der Waals surface area contributed by atoms with Crippen LogP contribution in [0.4, 0.5) is 0 Å². The Labute approximate surface area is 133 Å². The molecule has 2 rings (SSSR count). The Morgan fingerprint density at radius 1 is 1.36 bits per heavy atom. The highest BCUT2D eigenvalue weighted by atomic mass is 35.5. The topological polar surface area (TPSA) is 75.7 Å². The SMILES string of the molecule is COC(=O)C1CC(=O)NN(C(=O)CCc2ccc(Cl)cc2)C1. The summed E-state index contributed by atoms with van der Waals surface area (Å²) < 4.78 is 4.64. The van der Waals surface area contributed by atoms with Crippen molar-refractivity contribution in [2.75, 3.05) is 13.7 Å². The molecular formula is C15H17ClN2O4. The van der Waals surface area contributed by atoms with Gasteiger partial charge in [-0.3, -0.25) is 24.8 Å². The van der Waals surface area contributed by atoms with Crippen LogP contribution in [-0.4, -0.2) is 36.4 Å². The van der Waals surface area contributed by atoms with Crippen molar-refractivity contribution in [1.82, 2.24) is 10.4 Å². The van der Waals surface area contributed by atoms with Gasteiger partial charge < -0.3 is 4.74 Å². The van der Waals surface area contributed by atoms with Gasteiger partial charge in [-0.2, -0.15) is 0 Å². The normalized spacial score (nSPS) is 17.8. The maximum atomic E-state index is 12.2. The molecule has 1 N–H and O–H groups in total. The summed E-state index contributed by atoms with van der Waals surface area (Å²) in [6.07, 6.45) is 0.800. The molecule has 1 aliphatic heterocycles.